The molecule has 3 heterocycles. The molecule has 0 aliphatic heterocycles. The van der Waals surface area contributed by atoms with Crippen LogP contribution in [-0.2, 0) is 12.2 Å². The Hall–Kier alpha value is -2.59. The molecule has 27 heavy (non-hydrogen) atoms. The number of thioether (sulfide) groups is 1. The molecule has 3 aromatic heterocycles. The smallest absolute Gasteiger partial charge is 0.267 e. The Bertz CT molecular complexity index is 1180. The molecule has 0 fully saturated rings. The Morgan fingerprint density at radius 3 is 2.85 bits per heavy atom. The SMILES string of the molecule is CCc1nn2c(=O)cc(CSc3nnnn3-c3ccc(C)cc3C)nc2s1. The molecule has 4 aromatic rings. The van der Waals surface area contributed by atoms with Gasteiger partial charge in [0, 0.05) is 11.8 Å². The summed E-state index contributed by atoms with van der Waals surface area (Å²) in [7, 11) is 0. The molecular weight excluding hydrogens is 382 g/mol. The minimum absolute atomic E-state index is 0.166. The summed E-state index contributed by atoms with van der Waals surface area (Å²) in [4.78, 5) is 17.4. The number of tetrazole rings is 1. The summed E-state index contributed by atoms with van der Waals surface area (Å²) in [5, 5.41) is 17.8. The van der Waals surface area contributed by atoms with Crippen molar-refractivity contribution >= 4 is 28.1 Å². The van der Waals surface area contributed by atoms with Gasteiger partial charge in [0.2, 0.25) is 10.1 Å². The predicted molar refractivity (Wildman–Crippen MR) is 105 cm³/mol. The second-order valence-corrected chi connectivity index (χ2v) is 8.06. The Kier molecular flexibility index (Phi) is 4.75. The zero-order valence-electron chi connectivity index (χ0n) is 15.1. The van der Waals surface area contributed by atoms with Crippen LogP contribution < -0.4 is 5.56 Å². The van der Waals surface area contributed by atoms with Crippen LogP contribution in [-0.4, -0.2) is 34.8 Å². The second kappa shape index (κ2) is 7.20. The molecule has 0 spiro atoms. The summed E-state index contributed by atoms with van der Waals surface area (Å²) < 4.78 is 3.07. The molecule has 0 aliphatic carbocycles. The van der Waals surface area contributed by atoms with E-state index in [-0.39, 0.29) is 5.56 Å². The highest BCUT2D eigenvalue weighted by molar-refractivity contribution is 7.98. The van der Waals surface area contributed by atoms with E-state index < -0.39 is 0 Å². The van der Waals surface area contributed by atoms with Crippen LogP contribution in [0.25, 0.3) is 10.6 Å². The van der Waals surface area contributed by atoms with Gasteiger partial charge in [0.05, 0.1) is 11.4 Å². The zero-order valence-corrected chi connectivity index (χ0v) is 16.7. The van der Waals surface area contributed by atoms with Crippen LogP contribution in [0.2, 0.25) is 0 Å². The molecule has 0 aliphatic rings. The summed E-state index contributed by atoms with van der Waals surface area (Å²) in [6.07, 6.45) is 0.780. The molecule has 0 amide bonds. The maximum atomic E-state index is 12.3. The van der Waals surface area contributed by atoms with Crippen LogP contribution in [0.4, 0.5) is 0 Å². The lowest BCUT2D eigenvalue weighted by Crippen LogP contribution is -2.15. The molecule has 4 rings (SSSR count). The van der Waals surface area contributed by atoms with Crippen LogP contribution in [0.15, 0.2) is 34.2 Å². The number of fused-ring (bicyclic) bond motifs is 1. The summed E-state index contributed by atoms with van der Waals surface area (Å²) in [5.41, 5.74) is 3.74. The lowest BCUT2D eigenvalue weighted by Gasteiger charge is -2.08. The van der Waals surface area contributed by atoms with Crippen molar-refractivity contribution in [3.05, 3.63) is 56.4 Å². The van der Waals surface area contributed by atoms with E-state index in [9.17, 15) is 4.79 Å². The van der Waals surface area contributed by atoms with Crippen LogP contribution in [0.1, 0.15) is 28.8 Å². The van der Waals surface area contributed by atoms with E-state index >= 15 is 0 Å². The standard InChI is InChI=1S/C17H17N7OS2/c1-4-14-20-24-15(25)8-12(18-16(24)27-14)9-26-17-19-21-22-23(17)13-6-5-10(2)7-11(13)3/h5-8H,4,9H2,1-3H3. The molecule has 0 N–H and O–H groups in total. The largest absolute Gasteiger partial charge is 0.275 e. The van der Waals surface area contributed by atoms with E-state index in [2.05, 4.69) is 38.6 Å². The van der Waals surface area contributed by atoms with Gasteiger partial charge in [-0.3, -0.25) is 4.79 Å². The number of aromatic nitrogens is 7. The van der Waals surface area contributed by atoms with Gasteiger partial charge in [-0.2, -0.15) is 14.3 Å². The molecule has 0 saturated carbocycles. The summed E-state index contributed by atoms with van der Waals surface area (Å²) in [5.74, 6) is 0.496. The van der Waals surface area contributed by atoms with Crippen molar-refractivity contribution in [3.8, 4) is 5.69 Å². The van der Waals surface area contributed by atoms with Gasteiger partial charge in [0.1, 0.15) is 5.01 Å². The number of nitrogens with zero attached hydrogens (tertiary/aromatic N) is 7. The third-order valence-corrected chi connectivity index (χ3v) is 6.02. The van der Waals surface area contributed by atoms with Gasteiger partial charge >= 0.3 is 0 Å². The highest BCUT2D eigenvalue weighted by atomic mass is 32.2. The molecule has 0 saturated heterocycles. The number of rotatable bonds is 5. The highest BCUT2D eigenvalue weighted by Gasteiger charge is 2.13. The van der Waals surface area contributed by atoms with E-state index in [4.69, 9.17) is 0 Å². The Morgan fingerprint density at radius 1 is 1.22 bits per heavy atom. The average molecular weight is 400 g/mol. The first kappa shape index (κ1) is 17.8. The molecule has 1 aromatic carbocycles. The van der Waals surface area contributed by atoms with Crippen molar-refractivity contribution in [1.82, 2.24) is 34.8 Å². The number of hydrogen-bond donors (Lipinski definition) is 0. The molecular formula is C17H17N7OS2. The monoisotopic (exact) mass is 399 g/mol. The van der Waals surface area contributed by atoms with E-state index in [0.717, 1.165) is 22.7 Å². The molecule has 0 radical (unpaired) electrons. The summed E-state index contributed by atoms with van der Waals surface area (Å²) in [6.45, 7) is 6.09. The first-order chi connectivity index (χ1) is 13.0. The van der Waals surface area contributed by atoms with Crippen molar-refractivity contribution in [2.24, 2.45) is 0 Å². The lowest BCUT2D eigenvalue weighted by atomic mass is 10.1. The van der Waals surface area contributed by atoms with Gasteiger partial charge in [0.25, 0.3) is 5.56 Å². The Morgan fingerprint density at radius 2 is 2.07 bits per heavy atom. The Labute approximate surface area is 163 Å². The Balaban J connectivity index is 1.61. The van der Waals surface area contributed by atoms with E-state index in [1.165, 1.54) is 39.2 Å². The fourth-order valence-electron chi connectivity index (χ4n) is 2.71. The fourth-order valence-corrected chi connectivity index (χ4v) is 4.35. The van der Waals surface area contributed by atoms with Crippen molar-refractivity contribution in [2.75, 3.05) is 0 Å². The van der Waals surface area contributed by atoms with Crippen LogP contribution in [0.3, 0.4) is 0 Å². The van der Waals surface area contributed by atoms with Gasteiger partial charge in [0.15, 0.2) is 0 Å². The van der Waals surface area contributed by atoms with E-state index in [1.807, 2.05) is 26.0 Å². The quantitative estimate of drug-likeness (QED) is 0.476. The first-order valence-electron chi connectivity index (χ1n) is 8.42. The van der Waals surface area contributed by atoms with Gasteiger partial charge < -0.3 is 0 Å². The lowest BCUT2D eigenvalue weighted by molar-refractivity contribution is 0.751. The molecule has 0 bridgehead atoms. The highest BCUT2D eigenvalue weighted by Crippen LogP contribution is 2.24. The maximum Gasteiger partial charge on any atom is 0.275 e. The number of benzene rings is 1. The van der Waals surface area contributed by atoms with Crippen molar-refractivity contribution in [2.45, 2.75) is 38.1 Å². The van der Waals surface area contributed by atoms with Gasteiger partial charge in [-0.1, -0.05) is 47.7 Å². The van der Waals surface area contributed by atoms with Crippen molar-refractivity contribution in [3.63, 3.8) is 0 Å². The zero-order chi connectivity index (χ0) is 19.0. The summed E-state index contributed by atoms with van der Waals surface area (Å²) >= 11 is 2.88. The van der Waals surface area contributed by atoms with Crippen LogP contribution >= 0.6 is 23.1 Å². The topological polar surface area (TPSA) is 90.9 Å². The van der Waals surface area contributed by atoms with Crippen LogP contribution in [0.5, 0.6) is 0 Å². The van der Waals surface area contributed by atoms with Crippen molar-refractivity contribution < 1.29 is 0 Å². The van der Waals surface area contributed by atoms with Gasteiger partial charge in [-0.15, -0.1) is 5.10 Å². The minimum atomic E-state index is -0.166. The molecule has 10 heteroatoms. The normalized spacial score (nSPS) is 11.4. The third-order valence-electron chi connectivity index (χ3n) is 4.01. The fraction of sp³-hybridized carbons (Fsp3) is 0.294. The molecule has 0 atom stereocenters. The van der Waals surface area contributed by atoms with Gasteiger partial charge in [-0.25, -0.2) is 4.98 Å². The average Bonchev–Trinajstić information content (AvgIpc) is 3.26. The van der Waals surface area contributed by atoms with Crippen molar-refractivity contribution in [1.29, 1.82) is 0 Å². The molecule has 0 unspecified atom stereocenters. The van der Waals surface area contributed by atoms with Gasteiger partial charge in [-0.05, 0) is 42.3 Å². The molecule has 8 nitrogen and oxygen atoms in total. The van der Waals surface area contributed by atoms with Crippen LogP contribution in [0, 0.1) is 13.8 Å². The number of aryl methyl sites for hydroxylation is 3. The molecule has 138 valence electrons. The maximum absolute atomic E-state index is 12.3. The first-order valence-corrected chi connectivity index (χ1v) is 10.2. The summed E-state index contributed by atoms with van der Waals surface area (Å²) in [6, 6.07) is 7.65. The predicted octanol–water partition coefficient (Wildman–Crippen LogP) is 2.60. The third kappa shape index (κ3) is 3.50. The number of hydrogen-bond acceptors (Lipinski definition) is 8. The minimum Gasteiger partial charge on any atom is -0.267 e. The van der Waals surface area contributed by atoms with E-state index in [0.29, 0.717) is 21.6 Å². The second-order valence-electron chi connectivity index (χ2n) is 6.08. The van der Waals surface area contributed by atoms with E-state index in [1.54, 1.807) is 4.68 Å².